The van der Waals surface area contributed by atoms with E-state index >= 15 is 0 Å². The molecule has 0 amide bonds. The molecule has 1 aromatic heterocycles. The van der Waals surface area contributed by atoms with Crippen LogP contribution in [0.1, 0.15) is 58.4 Å². The number of hydrogen-bond acceptors (Lipinski definition) is 2. The molecular formula is C15H26N2O. The van der Waals surface area contributed by atoms with E-state index < -0.39 is 5.60 Å². The van der Waals surface area contributed by atoms with Gasteiger partial charge < -0.3 is 5.11 Å². The van der Waals surface area contributed by atoms with Crippen molar-refractivity contribution in [3.8, 4) is 0 Å². The molecule has 2 rings (SSSR count). The van der Waals surface area contributed by atoms with Crippen LogP contribution in [0.25, 0.3) is 0 Å². The predicted octanol–water partition coefficient (Wildman–Crippen LogP) is 3.23. The quantitative estimate of drug-likeness (QED) is 0.777. The van der Waals surface area contributed by atoms with Gasteiger partial charge in [0.1, 0.15) is 0 Å². The molecule has 102 valence electrons. The van der Waals surface area contributed by atoms with Gasteiger partial charge in [0.2, 0.25) is 0 Å². The van der Waals surface area contributed by atoms with Gasteiger partial charge in [0.25, 0.3) is 0 Å². The van der Waals surface area contributed by atoms with Crippen LogP contribution in [0.4, 0.5) is 0 Å². The summed E-state index contributed by atoms with van der Waals surface area (Å²) in [6, 6.07) is 0. The van der Waals surface area contributed by atoms with Crippen LogP contribution in [-0.4, -0.2) is 14.9 Å². The fourth-order valence-electron chi connectivity index (χ4n) is 3.14. The Hall–Kier alpha value is -0.830. The average Bonchev–Trinajstić information content (AvgIpc) is 2.58. The van der Waals surface area contributed by atoms with Crippen LogP contribution in [0.15, 0.2) is 12.4 Å². The van der Waals surface area contributed by atoms with Crippen molar-refractivity contribution < 1.29 is 5.11 Å². The van der Waals surface area contributed by atoms with E-state index in [0.29, 0.717) is 11.3 Å². The number of rotatable bonds is 1. The summed E-state index contributed by atoms with van der Waals surface area (Å²) in [7, 11) is 1.90. The highest BCUT2D eigenvalue weighted by atomic mass is 16.3. The molecule has 2 unspecified atom stereocenters. The minimum Gasteiger partial charge on any atom is -0.385 e. The molecule has 0 bridgehead atoms. The average molecular weight is 250 g/mol. The van der Waals surface area contributed by atoms with E-state index in [1.54, 1.807) is 4.68 Å². The third-order valence-corrected chi connectivity index (χ3v) is 4.52. The van der Waals surface area contributed by atoms with Gasteiger partial charge in [-0.3, -0.25) is 4.68 Å². The molecule has 0 aromatic carbocycles. The molecule has 18 heavy (non-hydrogen) atoms. The van der Waals surface area contributed by atoms with E-state index in [-0.39, 0.29) is 0 Å². The van der Waals surface area contributed by atoms with Crippen LogP contribution >= 0.6 is 0 Å². The zero-order chi connectivity index (χ0) is 13.4. The Morgan fingerprint density at radius 2 is 2.06 bits per heavy atom. The third-order valence-electron chi connectivity index (χ3n) is 4.52. The van der Waals surface area contributed by atoms with Gasteiger partial charge in [-0.2, -0.15) is 5.10 Å². The summed E-state index contributed by atoms with van der Waals surface area (Å²) in [6.07, 6.45) is 8.94. The standard InChI is InChI=1S/C15H26N2O/c1-14(2,3)12-6-5-8-15(18,9-7-12)13-10-16-17(4)11-13/h10-12,18H,5-9H2,1-4H3. The zero-order valence-corrected chi connectivity index (χ0v) is 12.1. The molecule has 1 heterocycles. The number of aryl methyl sites for hydroxylation is 1. The highest BCUT2D eigenvalue weighted by molar-refractivity contribution is 5.15. The lowest BCUT2D eigenvalue weighted by molar-refractivity contribution is 0.0179. The minimum atomic E-state index is -0.658. The molecule has 2 atom stereocenters. The topological polar surface area (TPSA) is 38.0 Å². The summed E-state index contributed by atoms with van der Waals surface area (Å²) < 4.78 is 1.78. The Morgan fingerprint density at radius 1 is 1.33 bits per heavy atom. The van der Waals surface area contributed by atoms with Crippen LogP contribution in [0, 0.1) is 11.3 Å². The molecule has 0 radical (unpaired) electrons. The largest absolute Gasteiger partial charge is 0.385 e. The van der Waals surface area contributed by atoms with E-state index in [9.17, 15) is 5.11 Å². The molecule has 1 aromatic rings. The molecule has 0 saturated heterocycles. The summed E-state index contributed by atoms with van der Waals surface area (Å²) in [5.41, 5.74) is 0.675. The first-order valence-corrected chi connectivity index (χ1v) is 7.03. The zero-order valence-electron chi connectivity index (χ0n) is 12.1. The molecule has 3 heteroatoms. The third kappa shape index (κ3) is 2.77. The maximum atomic E-state index is 10.9. The van der Waals surface area contributed by atoms with Crippen molar-refractivity contribution in [2.24, 2.45) is 18.4 Å². The second-order valence-corrected chi connectivity index (χ2v) is 6.93. The molecule has 1 aliphatic carbocycles. The van der Waals surface area contributed by atoms with Crippen LogP contribution in [-0.2, 0) is 12.6 Å². The second kappa shape index (κ2) is 4.69. The Bertz CT molecular complexity index is 405. The first kappa shape index (κ1) is 13.6. The van der Waals surface area contributed by atoms with Gasteiger partial charge in [0.05, 0.1) is 11.8 Å². The van der Waals surface area contributed by atoms with Crippen molar-refractivity contribution in [2.75, 3.05) is 0 Å². The fourth-order valence-corrected chi connectivity index (χ4v) is 3.14. The van der Waals surface area contributed by atoms with E-state index in [4.69, 9.17) is 0 Å². The van der Waals surface area contributed by atoms with E-state index in [0.717, 1.165) is 31.2 Å². The van der Waals surface area contributed by atoms with Gasteiger partial charge in [-0.15, -0.1) is 0 Å². The molecule has 1 fully saturated rings. The van der Waals surface area contributed by atoms with Crippen LogP contribution < -0.4 is 0 Å². The lowest BCUT2D eigenvalue weighted by atomic mass is 9.76. The summed E-state index contributed by atoms with van der Waals surface area (Å²) in [6.45, 7) is 6.93. The van der Waals surface area contributed by atoms with Crippen molar-refractivity contribution in [1.82, 2.24) is 9.78 Å². The Morgan fingerprint density at radius 3 is 2.61 bits per heavy atom. The van der Waals surface area contributed by atoms with E-state index in [2.05, 4.69) is 25.9 Å². The molecular weight excluding hydrogens is 224 g/mol. The summed E-state index contributed by atoms with van der Waals surface area (Å²) in [4.78, 5) is 0. The van der Waals surface area contributed by atoms with Crippen molar-refractivity contribution in [2.45, 2.75) is 58.5 Å². The Labute approximate surface area is 110 Å². The van der Waals surface area contributed by atoms with Gasteiger partial charge in [-0.1, -0.05) is 20.8 Å². The first-order chi connectivity index (χ1) is 8.31. The lowest BCUT2D eigenvalue weighted by Crippen LogP contribution is -2.25. The van der Waals surface area contributed by atoms with Gasteiger partial charge >= 0.3 is 0 Å². The van der Waals surface area contributed by atoms with Gasteiger partial charge in [0.15, 0.2) is 0 Å². The maximum absolute atomic E-state index is 10.9. The Balaban J connectivity index is 2.13. The van der Waals surface area contributed by atoms with Gasteiger partial charge in [0, 0.05) is 18.8 Å². The van der Waals surface area contributed by atoms with Gasteiger partial charge in [-0.25, -0.2) is 0 Å². The maximum Gasteiger partial charge on any atom is 0.0927 e. The molecule has 0 aliphatic heterocycles. The van der Waals surface area contributed by atoms with E-state index in [1.165, 1.54) is 6.42 Å². The van der Waals surface area contributed by atoms with Crippen molar-refractivity contribution >= 4 is 0 Å². The number of nitrogens with zero attached hydrogens (tertiary/aromatic N) is 2. The second-order valence-electron chi connectivity index (χ2n) is 6.93. The SMILES string of the molecule is Cn1cc(C2(O)CCCC(C(C)(C)C)CC2)cn1. The monoisotopic (exact) mass is 250 g/mol. The fraction of sp³-hybridized carbons (Fsp3) is 0.800. The molecule has 3 nitrogen and oxygen atoms in total. The molecule has 0 spiro atoms. The van der Waals surface area contributed by atoms with Crippen LogP contribution in [0.2, 0.25) is 0 Å². The van der Waals surface area contributed by atoms with Crippen LogP contribution in [0.5, 0.6) is 0 Å². The smallest absolute Gasteiger partial charge is 0.0927 e. The lowest BCUT2D eigenvalue weighted by Gasteiger charge is -2.30. The molecule has 1 aliphatic rings. The Kier molecular flexibility index (Phi) is 3.54. The van der Waals surface area contributed by atoms with E-state index in [1.807, 2.05) is 19.4 Å². The predicted molar refractivity (Wildman–Crippen MR) is 73.1 cm³/mol. The molecule has 1 N–H and O–H groups in total. The summed E-state index contributed by atoms with van der Waals surface area (Å²) in [5, 5.41) is 15.1. The summed E-state index contributed by atoms with van der Waals surface area (Å²) in [5.74, 6) is 0.711. The molecule has 1 saturated carbocycles. The minimum absolute atomic E-state index is 0.347. The number of aliphatic hydroxyl groups is 1. The number of hydrogen-bond donors (Lipinski definition) is 1. The normalized spacial score (nSPS) is 30.2. The first-order valence-electron chi connectivity index (χ1n) is 7.03. The number of aromatic nitrogens is 2. The van der Waals surface area contributed by atoms with Crippen molar-refractivity contribution in [3.63, 3.8) is 0 Å². The van der Waals surface area contributed by atoms with Crippen molar-refractivity contribution in [3.05, 3.63) is 18.0 Å². The van der Waals surface area contributed by atoms with Crippen molar-refractivity contribution in [1.29, 1.82) is 0 Å². The summed E-state index contributed by atoms with van der Waals surface area (Å²) >= 11 is 0. The van der Waals surface area contributed by atoms with Gasteiger partial charge in [-0.05, 0) is 43.4 Å². The highest BCUT2D eigenvalue weighted by Gasteiger charge is 2.36. The van der Waals surface area contributed by atoms with Crippen LogP contribution in [0.3, 0.4) is 0 Å². The highest BCUT2D eigenvalue weighted by Crippen LogP contribution is 2.43.